The SMILES string of the molecule is CO/C=C(/C(=O)O)c1cccc([N+](=O)[O-])c1. The van der Waals surface area contributed by atoms with Crippen LogP contribution in [0.2, 0.25) is 0 Å². The van der Waals surface area contributed by atoms with Crippen LogP contribution in [0.5, 0.6) is 0 Å². The minimum absolute atomic E-state index is 0.133. The van der Waals surface area contributed by atoms with Gasteiger partial charge in [-0.3, -0.25) is 10.1 Å². The summed E-state index contributed by atoms with van der Waals surface area (Å²) in [6.07, 6.45) is 1.03. The number of rotatable bonds is 4. The van der Waals surface area contributed by atoms with Crippen LogP contribution in [0, 0.1) is 10.1 Å². The van der Waals surface area contributed by atoms with E-state index < -0.39 is 10.9 Å². The number of non-ortho nitro benzene ring substituents is 1. The standard InChI is InChI=1S/C10H9NO5/c1-16-6-9(10(12)13)7-3-2-4-8(5-7)11(14)15/h2-6H,1H3,(H,12,13)/b9-6+. The number of hydrogen-bond donors (Lipinski definition) is 1. The number of nitro benzene ring substituents is 1. The number of ether oxygens (including phenoxy) is 1. The molecule has 0 spiro atoms. The lowest BCUT2D eigenvalue weighted by Gasteiger charge is -2.01. The zero-order chi connectivity index (χ0) is 12.1. The van der Waals surface area contributed by atoms with Crippen LogP contribution in [-0.2, 0) is 9.53 Å². The van der Waals surface area contributed by atoms with Crippen molar-refractivity contribution in [3.05, 3.63) is 46.2 Å². The molecule has 0 atom stereocenters. The van der Waals surface area contributed by atoms with Gasteiger partial charge in [-0.15, -0.1) is 0 Å². The Labute approximate surface area is 90.9 Å². The molecule has 0 fully saturated rings. The fourth-order valence-corrected chi connectivity index (χ4v) is 1.15. The summed E-state index contributed by atoms with van der Waals surface area (Å²) in [6.45, 7) is 0. The molecule has 0 unspecified atom stereocenters. The second kappa shape index (κ2) is 4.92. The molecule has 0 heterocycles. The van der Waals surface area contributed by atoms with Gasteiger partial charge in [0.2, 0.25) is 0 Å². The van der Waals surface area contributed by atoms with Crippen LogP contribution in [0.15, 0.2) is 30.5 Å². The second-order valence-electron chi connectivity index (χ2n) is 2.88. The topological polar surface area (TPSA) is 89.7 Å². The first kappa shape index (κ1) is 11.7. The van der Waals surface area contributed by atoms with Crippen LogP contribution >= 0.6 is 0 Å². The Hall–Kier alpha value is -2.37. The van der Waals surface area contributed by atoms with Crippen LogP contribution < -0.4 is 0 Å². The smallest absolute Gasteiger partial charge is 0.339 e. The third kappa shape index (κ3) is 2.57. The van der Waals surface area contributed by atoms with Crippen molar-refractivity contribution >= 4 is 17.2 Å². The molecule has 6 heteroatoms. The van der Waals surface area contributed by atoms with Gasteiger partial charge in [-0.2, -0.15) is 0 Å². The summed E-state index contributed by atoms with van der Waals surface area (Å²) < 4.78 is 4.61. The van der Waals surface area contributed by atoms with Gasteiger partial charge in [0.05, 0.1) is 18.3 Å². The van der Waals surface area contributed by atoms with Gasteiger partial charge in [0.15, 0.2) is 0 Å². The first-order valence-electron chi connectivity index (χ1n) is 4.27. The molecule has 0 aliphatic heterocycles. The summed E-state index contributed by atoms with van der Waals surface area (Å²) in [5, 5.41) is 19.4. The molecule has 1 aromatic carbocycles. The number of carboxylic acid groups (broad SMARTS) is 1. The van der Waals surface area contributed by atoms with Gasteiger partial charge >= 0.3 is 5.97 Å². The largest absolute Gasteiger partial charge is 0.503 e. The van der Waals surface area contributed by atoms with Gasteiger partial charge in [-0.05, 0) is 5.56 Å². The number of carbonyl (C=O) groups is 1. The molecular weight excluding hydrogens is 214 g/mol. The lowest BCUT2D eigenvalue weighted by molar-refractivity contribution is -0.384. The fourth-order valence-electron chi connectivity index (χ4n) is 1.15. The molecule has 0 radical (unpaired) electrons. The molecule has 6 nitrogen and oxygen atoms in total. The van der Waals surface area contributed by atoms with Crippen LogP contribution in [0.3, 0.4) is 0 Å². The lowest BCUT2D eigenvalue weighted by atomic mass is 10.1. The van der Waals surface area contributed by atoms with Gasteiger partial charge in [-0.25, -0.2) is 4.79 Å². The molecule has 0 aromatic heterocycles. The summed E-state index contributed by atoms with van der Waals surface area (Å²) in [7, 11) is 1.31. The van der Waals surface area contributed by atoms with Gasteiger partial charge in [0.1, 0.15) is 5.57 Å². The molecule has 1 N–H and O–H groups in total. The minimum Gasteiger partial charge on any atom is -0.503 e. The van der Waals surface area contributed by atoms with E-state index in [0.29, 0.717) is 0 Å². The van der Waals surface area contributed by atoms with Crippen molar-refractivity contribution in [1.29, 1.82) is 0 Å². The van der Waals surface area contributed by atoms with E-state index in [4.69, 9.17) is 5.11 Å². The van der Waals surface area contributed by atoms with Crippen LogP contribution in [0.25, 0.3) is 5.57 Å². The van der Waals surface area contributed by atoms with E-state index in [1.807, 2.05) is 0 Å². The van der Waals surface area contributed by atoms with Gasteiger partial charge in [0.25, 0.3) is 5.69 Å². The first-order chi connectivity index (χ1) is 7.56. The minimum atomic E-state index is -1.21. The Balaban J connectivity index is 3.21. The normalized spacial score (nSPS) is 10.9. The van der Waals surface area contributed by atoms with E-state index in [2.05, 4.69) is 4.74 Å². The van der Waals surface area contributed by atoms with E-state index in [1.165, 1.54) is 31.4 Å². The highest BCUT2D eigenvalue weighted by molar-refractivity contribution is 6.15. The van der Waals surface area contributed by atoms with Crippen molar-refractivity contribution in [1.82, 2.24) is 0 Å². The first-order valence-corrected chi connectivity index (χ1v) is 4.27. The summed E-state index contributed by atoms with van der Waals surface area (Å²) in [4.78, 5) is 20.8. The lowest BCUT2D eigenvalue weighted by Crippen LogP contribution is -2.01. The summed E-state index contributed by atoms with van der Waals surface area (Å²) in [5.41, 5.74) is -0.0736. The molecule has 84 valence electrons. The number of nitro groups is 1. The quantitative estimate of drug-likeness (QED) is 0.363. The van der Waals surface area contributed by atoms with E-state index >= 15 is 0 Å². The number of hydrogen-bond acceptors (Lipinski definition) is 4. The second-order valence-corrected chi connectivity index (χ2v) is 2.88. The summed E-state index contributed by atoms with van der Waals surface area (Å²) >= 11 is 0. The molecule has 0 saturated heterocycles. The number of methoxy groups -OCH3 is 1. The average molecular weight is 223 g/mol. The highest BCUT2D eigenvalue weighted by Gasteiger charge is 2.14. The number of benzene rings is 1. The molecule has 1 aromatic rings. The molecule has 0 amide bonds. The molecule has 1 rings (SSSR count). The third-order valence-electron chi connectivity index (χ3n) is 1.83. The van der Waals surface area contributed by atoms with Crippen molar-refractivity contribution in [3.63, 3.8) is 0 Å². The van der Waals surface area contributed by atoms with Crippen LogP contribution in [0.1, 0.15) is 5.56 Å². The number of aliphatic carboxylic acids is 1. The zero-order valence-corrected chi connectivity index (χ0v) is 8.41. The van der Waals surface area contributed by atoms with Gasteiger partial charge in [-0.1, -0.05) is 12.1 Å². The number of nitrogens with zero attached hydrogens (tertiary/aromatic N) is 1. The molecular formula is C10H9NO5. The fraction of sp³-hybridized carbons (Fsp3) is 0.100. The molecule has 0 bridgehead atoms. The summed E-state index contributed by atoms with van der Waals surface area (Å²) in [5.74, 6) is -1.21. The van der Waals surface area contributed by atoms with E-state index in [-0.39, 0.29) is 16.8 Å². The third-order valence-corrected chi connectivity index (χ3v) is 1.83. The Morgan fingerprint density at radius 1 is 1.56 bits per heavy atom. The van der Waals surface area contributed by atoms with Crippen molar-refractivity contribution < 1.29 is 19.6 Å². The maximum Gasteiger partial charge on any atom is 0.339 e. The van der Waals surface area contributed by atoms with Crippen molar-refractivity contribution in [2.45, 2.75) is 0 Å². The maximum atomic E-state index is 10.9. The van der Waals surface area contributed by atoms with E-state index in [1.54, 1.807) is 0 Å². The molecule has 16 heavy (non-hydrogen) atoms. The monoisotopic (exact) mass is 223 g/mol. The van der Waals surface area contributed by atoms with Crippen molar-refractivity contribution in [2.24, 2.45) is 0 Å². The van der Waals surface area contributed by atoms with Crippen LogP contribution in [-0.4, -0.2) is 23.1 Å². The Bertz CT molecular complexity index is 452. The summed E-state index contributed by atoms with van der Waals surface area (Å²) in [6, 6.07) is 5.35. The van der Waals surface area contributed by atoms with Crippen molar-refractivity contribution in [2.75, 3.05) is 7.11 Å². The highest BCUT2D eigenvalue weighted by atomic mass is 16.6. The van der Waals surface area contributed by atoms with Crippen LogP contribution in [0.4, 0.5) is 5.69 Å². The zero-order valence-electron chi connectivity index (χ0n) is 8.41. The van der Waals surface area contributed by atoms with E-state index in [9.17, 15) is 14.9 Å². The van der Waals surface area contributed by atoms with Gasteiger partial charge in [0, 0.05) is 12.1 Å². The van der Waals surface area contributed by atoms with Crippen molar-refractivity contribution in [3.8, 4) is 0 Å². The molecule has 0 saturated carbocycles. The Morgan fingerprint density at radius 3 is 2.75 bits per heavy atom. The van der Waals surface area contributed by atoms with Gasteiger partial charge < -0.3 is 9.84 Å². The molecule has 0 aliphatic rings. The Kier molecular flexibility index (Phi) is 3.60. The maximum absolute atomic E-state index is 10.9. The number of carboxylic acids is 1. The Morgan fingerprint density at radius 2 is 2.25 bits per heavy atom. The predicted molar refractivity (Wildman–Crippen MR) is 55.7 cm³/mol. The predicted octanol–water partition coefficient (Wildman–Crippen LogP) is 1.67. The average Bonchev–Trinajstić information content (AvgIpc) is 2.25. The highest BCUT2D eigenvalue weighted by Crippen LogP contribution is 2.20. The van der Waals surface area contributed by atoms with E-state index in [0.717, 1.165) is 6.26 Å². The molecule has 0 aliphatic carbocycles.